The molecule has 4 nitrogen and oxygen atoms in total. The molecule has 2 aromatic rings. The van der Waals surface area contributed by atoms with E-state index in [1.54, 1.807) is 12.4 Å². The van der Waals surface area contributed by atoms with Gasteiger partial charge in [0.15, 0.2) is 0 Å². The second kappa shape index (κ2) is 5.41. The van der Waals surface area contributed by atoms with Gasteiger partial charge in [0.2, 0.25) is 0 Å². The van der Waals surface area contributed by atoms with Crippen molar-refractivity contribution >= 4 is 12.6 Å². The highest BCUT2D eigenvalue weighted by Gasteiger charge is 2.51. The molecule has 0 atom stereocenters. The summed E-state index contributed by atoms with van der Waals surface area (Å²) in [6.45, 7) is 8.20. The zero-order valence-electron chi connectivity index (χ0n) is 13.4. The molecule has 22 heavy (non-hydrogen) atoms. The highest BCUT2D eigenvalue weighted by Crippen LogP contribution is 2.36. The number of aromatic nitrogens is 1. The molecule has 0 aliphatic carbocycles. The van der Waals surface area contributed by atoms with E-state index in [0.717, 1.165) is 17.0 Å². The lowest BCUT2D eigenvalue weighted by molar-refractivity contribution is 0.00578. The lowest BCUT2D eigenvalue weighted by Gasteiger charge is -2.32. The molecule has 1 saturated heterocycles. The molecule has 1 aromatic carbocycles. The highest BCUT2D eigenvalue weighted by atomic mass is 16.7. The predicted octanol–water partition coefficient (Wildman–Crippen LogP) is 3.17. The standard InChI is InChI=1S/C17H20BNO3/c1-16(2)17(3,4)22-18(21-16)13-5-7-14(8-6-13)20-15-9-11-19-12-10-15/h5-12H,1-4H3. The number of rotatable bonds is 3. The van der Waals surface area contributed by atoms with Crippen molar-refractivity contribution in [1.29, 1.82) is 0 Å². The predicted molar refractivity (Wildman–Crippen MR) is 86.5 cm³/mol. The van der Waals surface area contributed by atoms with Crippen LogP contribution >= 0.6 is 0 Å². The van der Waals surface area contributed by atoms with Crippen molar-refractivity contribution in [3.8, 4) is 11.5 Å². The zero-order chi connectivity index (χ0) is 15.8. The minimum Gasteiger partial charge on any atom is -0.457 e. The molecule has 5 heteroatoms. The number of hydrogen-bond acceptors (Lipinski definition) is 4. The third-order valence-corrected chi connectivity index (χ3v) is 4.29. The van der Waals surface area contributed by atoms with E-state index >= 15 is 0 Å². The van der Waals surface area contributed by atoms with Crippen molar-refractivity contribution in [3.05, 3.63) is 48.8 Å². The maximum Gasteiger partial charge on any atom is 0.494 e. The largest absolute Gasteiger partial charge is 0.494 e. The fourth-order valence-corrected chi connectivity index (χ4v) is 2.21. The molecule has 0 spiro atoms. The smallest absolute Gasteiger partial charge is 0.457 e. The van der Waals surface area contributed by atoms with Crippen molar-refractivity contribution < 1.29 is 14.0 Å². The Bertz CT molecular complexity index is 625. The van der Waals surface area contributed by atoms with Gasteiger partial charge in [-0.05, 0) is 57.4 Å². The van der Waals surface area contributed by atoms with Crippen LogP contribution in [0.4, 0.5) is 0 Å². The van der Waals surface area contributed by atoms with Gasteiger partial charge in [-0.3, -0.25) is 4.98 Å². The van der Waals surface area contributed by atoms with E-state index in [9.17, 15) is 0 Å². The average molecular weight is 297 g/mol. The summed E-state index contributed by atoms with van der Waals surface area (Å²) < 4.78 is 17.8. The van der Waals surface area contributed by atoms with E-state index in [4.69, 9.17) is 14.0 Å². The maximum atomic E-state index is 6.04. The Labute approximate surface area is 131 Å². The summed E-state index contributed by atoms with van der Waals surface area (Å²) in [4.78, 5) is 3.97. The SMILES string of the molecule is CC1(C)OB(c2ccc(Oc3ccncc3)cc2)OC1(C)C. The first-order valence-electron chi connectivity index (χ1n) is 7.41. The summed E-state index contributed by atoms with van der Waals surface area (Å²) in [6, 6.07) is 11.4. The summed E-state index contributed by atoms with van der Waals surface area (Å²) in [6.07, 6.45) is 3.40. The fourth-order valence-electron chi connectivity index (χ4n) is 2.21. The molecule has 1 fully saturated rings. The normalized spacial score (nSPS) is 19.2. The molecule has 1 aliphatic heterocycles. The van der Waals surface area contributed by atoms with Crippen LogP contribution in [0.5, 0.6) is 11.5 Å². The van der Waals surface area contributed by atoms with Gasteiger partial charge in [-0.25, -0.2) is 0 Å². The molecule has 0 amide bonds. The van der Waals surface area contributed by atoms with E-state index in [2.05, 4.69) is 4.98 Å². The molecule has 114 valence electrons. The van der Waals surface area contributed by atoms with Gasteiger partial charge < -0.3 is 14.0 Å². The maximum absolute atomic E-state index is 6.04. The Morgan fingerprint density at radius 1 is 0.818 bits per heavy atom. The summed E-state index contributed by atoms with van der Waals surface area (Å²) in [5.41, 5.74) is 0.328. The van der Waals surface area contributed by atoms with Gasteiger partial charge in [-0.2, -0.15) is 0 Å². The van der Waals surface area contributed by atoms with Crippen LogP contribution in [0.3, 0.4) is 0 Å². The Kier molecular flexibility index (Phi) is 3.71. The molecule has 1 aliphatic rings. The number of benzene rings is 1. The number of nitrogens with zero attached hydrogens (tertiary/aromatic N) is 1. The molecular formula is C17H20BNO3. The van der Waals surface area contributed by atoms with Crippen LogP contribution < -0.4 is 10.2 Å². The topological polar surface area (TPSA) is 40.6 Å². The second-order valence-electron chi connectivity index (χ2n) is 6.44. The van der Waals surface area contributed by atoms with Crippen LogP contribution in [0.1, 0.15) is 27.7 Å². The highest BCUT2D eigenvalue weighted by molar-refractivity contribution is 6.62. The minimum absolute atomic E-state index is 0.329. The number of pyridine rings is 1. The van der Waals surface area contributed by atoms with Crippen LogP contribution in [-0.2, 0) is 9.31 Å². The fraction of sp³-hybridized carbons (Fsp3) is 0.353. The molecule has 1 aromatic heterocycles. The van der Waals surface area contributed by atoms with Crippen LogP contribution in [0.2, 0.25) is 0 Å². The van der Waals surface area contributed by atoms with Gasteiger partial charge >= 0.3 is 7.12 Å². The molecule has 0 bridgehead atoms. The Balaban J connectivity index is 1.73. The molecular weight excluding hydrogens is 277 g/mol. The molecule has 3 rings (SSSR count). The first-order chi connectivity index (χ1) is 10.4. The Hall–Kier alpha value is -1.85. The third kappa shape index (κ3) is 2.87. The van der Waals surface area contributed by atoms with Crippen molar-refractivity contribution in [2.24, 2.45) is 0 Å². The third-order valence-electron chi connectivity index (χ3n) is 4.29. The summed E-state index contributed by atoms with van der Waals surface area (Å²) in [5, 5.41) is 0. The van der Waals surface area contributed by atoms with Gasteiger partial charge in [0.1, 0.15) is 11.5 Å². The molecule has 0 unspecified atom stereocenters. The summed E-state index contributed by atoms with van der Waals surface area (Å²) in [5.74, 6) is 1.53. The van der Waals surface area contributed by atoms with Crippen LogP contribution in [0, 0.1) is 0 Å². The van der Waals surface area contributed by atoms with E-state index in [0.29, 0.717) is 0 Å². The zero-order valence-corrected chi connectivity index (χ0v) is 13.4. The first kappa shape index (κ1) is 15.1. The molecule has 0 saturated carbocycles. The Morgan fingerprint density at radius 3 is 1.86 bits per heavy atom. The van der Waals surface area contributed by atoms with Crippen LogP contribution in [0.15, 0.2) is 48.8 Å². The van der Waals surface area contributed by atoms with Crippen molar-refractivity contribution in [3.63, 3.8) is 0 Å². The molecule has 0 N–H and O–H groups in total. The van der Waals surface area contributed by atoms with Gasteiger partial charge in [0.05, 0.1) is 11.2 Å². The van der Waals surface area contributed by atoms with Gasteiger partial charge in [0.25, 0.3) is 0 Å². The molecule has 0 radical (unpaired) electrons. The van der Waals surface area contributed by atoms with Gasteiger partial charge in [-0.15, -0.1) is 0 Å². The van der Waals surface area contributed by atoms with Crippen molar-refractivity contribution in [2.75, 3.05) is 0 Å². The van der Waals surface area contributed by atoms with Gasteiger partial charge in [0, 0.05) is 12.4 Å². The quantitative estimate of drug-likeness (QED) is 0.816. The molecule has 2 heterocycles. The van der Waals surface area contributed by atoms with Crippen molar-refractivity contribution in [2.45, 2.75) is 38.9 Å². The van der Waals surface area contributed by atoms with E-state index in [1.165, 1.54) is 0 Å². The second-order valence-corrected chi connectivity index (χ2v) is 6.44. The van der Waals surface area contributed by atoms with E-state index < -0.39 is 0 Å². The lowest BCUT2D eigenvalue weighted by Crippen LogP contribution is -2.41. The first-order valence-corrected chi connectivity index (χ1v) is 7.41. The van der Waals surface area contributed by atoms with E-state index in [1.807, 2.05) is 64.1 Å². The minimum atomic E-state index is -0.347. The summed E-state index contributed by atoms with van der Waals surface area (Å²) >= 11 is 0. The van der Waals surface area contributed by atoms with Gasteiger partial charge in [-0.1, -0.05) is 12.1 Å². The van der Waals surface area contributed by atoms with Crippen molar-refractivity contribution in [1.82, 2.24) is 4.98 Å². The Morgan fingerprint density at radius 2 is 1.32 bits per heavy atom. The van der Waals surface area contributed by atoms with Crippen LogP contribution in [-0.4, -0.2) is 23.3 Å². The summed E-state index contributed by atoms with van der Waals surface area (Å²) in [7, 11) is -0.347. The monoisotopic (exact) mass is 297 g/mol. The lowest BCUT2D eigenvalue weighted by atomic mass is 9.79. The average Bonchev–Trinajstić information content (AvgIpc) is 2.69. The number of hydrogen-bond donors (Lipinski definition) is 0. The number of ether oxygens (including phenoxy) is 1. The van der Waals surface area contributed by atoms with E-state index in [-0.39, 0.29) is 18.3 Å². The van der Waals surface area contributed by atoms with Crippen LogP contribution in [0.25, 0.3) is 0 Å².